The summed E-state index contributed by atoms with van der Waals surface area (Å²) in [6.07, 6.45) is 7.60. The summed E-state index contributed by atoms with van der Waals surface area (Å²) in [5, 5.41) is 24.6. The van der Waals surface area contributed by atoms with Crippen LogP contribution in [0.5, 0.6) is 0 Å². The van der Waals surface area contributed by atoms with Gasteiger partial charge in [0.2, 0.25) is 0 Å². The minimum absolute atomic E-state index is 0.0649. The third-order valence-corrected chi connectivity index (χ3v) is 11.0. The number of sulfonamides is 1. The predicted octanol–water partition coefficient (Wildman–Crippen LogP) is 5.44. The highest BCUT2D eigenvalue weighted by Gasteiger charge is 2.37. The number of carbonyl (C=O) groups excluding carboxylic acids is 1. The number of benzene rings is 3. The Bertz CT molecular complexity index is 1530. The average molecular weight is 625 g/mol. The number of hydrogen-bond donors (Lipinski definition) is 3. The molecule has 43 heavy (non-hydrogen) atoms. The summed E-state index contributed by atoms with van der Waals surface area (Å²) in [5.74, 6) is -0.399. The van der Waals surface area contributed by atoms with Crippen molar-refractivity contribution in [1.29, 1.82) is 0 Å². The van der Waals surface area contributed by atoms with Crippen molar-refractivity contribution in [2.75, 3.05) is 35.7 Å². The Kier molecular flexibility index (Phi) is 9.58. The van der Waals surface area contributed by atoms with Crippen LogP contribution in [0, 0.1) is 15.5 Å². The number of aliphatic hydroxyl groups is 1. The van der Waals surface area contributed by atoms with E-state index in [2.05, 4.69) is 10.2 Å². The van der Waals surface area contributed by atoms with Crippen molar-refractivity contribution in [3.63, 3.8) is 0 Å². The molecule has 0 bridgehead atoms. The molecule has 0 radical (unpaired) electrons. The van der Waals surface area contributed by atoms with Crippen molar-refractivity contribution < 1.29 is 23.2 Å². The predicted molar refractivity (Wildman–Crippen MR) is 168 cm³/mol. The zero-order valence-electron chi connectivity index (χ0n) is 23.8. The molecule has 10 nitrogen and oxygen atoms in total. The summed E-state index contributed by atoms with van der Waals surface area (Å²) in [6.45, 7) is 1.65. The van der Waals surface area contributed by atoms with E-state index >= 15 is 0 Å². The second-order valence-corrected chi connectivity index (χ2v) is 14.0. The van der Waals surface area contributed by atoms with Crippen molar-refractivity contribution in [3.05, 3.63) is 88.5 Å². The van der Waals surface area contributed by atoms with Crippen LogP contribution in [0.25, 0.3) is 0 Å². The highest BCUT2D eigenvalue weighted by Crippen LogP contribution is 2.46. The van der Waals surface area contributed by atoms with E-state index in [1.807, 2.05) is 47.2 Å². The molecular formula is C31H36N4O6S2. The fraction of sp³-hybridized carbons (Fsp3) is 0.387. The summed E-state index contributed by atoms with van der Waals surface area (Å²) in [7, 11) is -4.40. The van der Waals surface area contributed by atoms with Gasteiger partial charge in [0, 0.05) is 41.1 Å². The minimum Gasteiger partial charge on any atom is -0.394 e. The van der Waals surface area contributed by atoms with Gasteiger partial charge in [-0.2, -0.15) is 0 Å². The normalized spacial score (nSPS) is 17.0. The third kappa shape index (κ3) is 7.49. The minimum atomic E-state index is -4.40. The lowest BCUT2D eigenvalue weighted by atomic mass is 9.77. The molecule has 3 aromatic rings. The Morgan fingerprint density at radius 1 is 1.00 bits per heavy atom. The molecule has 3 N–H and O–H groups in total. The quantitative estimate of drug-likeness (QED) is 0.144. The summed E-state index contributed by atoms with van der Waals surface area (Å²) >= 11 is 1.47. The van der Waals surface area contributed by atoms with Crippen LogP contribution >= 0.6 is 11.8 Å². The Hall–Kier alpha value is -3.61. The molecule has 2 aliphatic rings. The molecular weight excluding hydrogens is 588 g/mol. The van der Waals surface area contributed by atoms with E-state index in [0.717, 1.165) is 29.7 Å². The number of rotatable bonds is 11. The van der Waals surface area contributed by atoms with E-state index in [9.17, 15) is 28.4 Å². The first-order chi connectivity index (χ1) is 20.7. The maximum atomic E-state index is 13.1. The van der Waals surface area contributed by atoms with E-state index in [0.29, 0.717) is 11.2 Å². The number of nitro benzene ring substituents is 1. The van der Waals surface area contributed by atoms with Gasteiger partial charge in [0.25, 0.3) is 21.6 Å². The number of hydrogen-bond acceptors (Lipinski definition) is 9. The van der Waals surface area contributed by atoms with Crippen LogP contribution in [0.1, 0.15) is 48.9 Å². The van der Waals surface area contributed by atoms with Gasteiger partial charge in [-0.3, -0.25) is 14.9 Å². The standard InChI is InChI=1S/C31H36N4O6S2/c36-21-24(22-42-26-6-2-1-3-7-26)32-28-13-12-27(20-29(28)35(38)39)43(40,41)33-30(37)23-8-10-25(11-9-23)34-18-16-31(17-19-34)14-4-5-15-31/h1-3,6-13,20,24,32,36H,4-5,14-19,21-22H2,(H,33,37)/t24-/m1/s1. The largest absolute Gasteiger partial charge is 0.394 e. The maximum absolute atomic E-state index is 13.1. The number of anilines is 2. The average Bonchev–Trinajstić information content (AvgIpc) is 3.47. The number of amides is 1. The first-order valence-electron chi connectivity index (χ1n) is 14.4. The molecule has 12 heteroatoms. The summed E-state index contributed by atoms with van der Waals surface area (Å²) in [4.78, 5) is 26.9. The van der Waals surface area contributed by atoms with E-state index in [-0.39, 0.29) is 17.9 Å². The summed E-state index contributed by atoms with van der Waals surface area (Å²) in [5.41, 5.74) is 1.25. The molecule has 1 aliphatic heterocycles. The Labute approximate surface area is 256 Å². The van der Waals surface area contributed by atoms with Crippen LogP contribution in [-0.2, 0) is 10.0 Å². The third-order valence-electron chi connectivity index (χ3n) is 8.46. The smallest absolute Gasteiger partial charge is 0.293 e. The second kappa shape index (κ2) is 13.4. The van der Waals surface area contributed by atoms with Crippen molar-refractivity contribution in [3.8, 4) is 0 Å². The molecule has 1 aliphatic carbocycles. The first kappa shape index (κ1) is 30.8. The number of nitrogens with zero attached hydrogens (tertiary/aromatic N) is 2. The Balaban J connectivity index is 1.22. The molecule has 1 spiro atoms. The lowest BCUT2D eigenvalue weighted by molar-refractivity contribution is -0.384. The lowest BCUT2D eigenvalue weighted by Gasteiger charge is -2.40. The van der Waals surface area contributed by atoms with Crippen LogP contribution in [-0.4, -0.2) is 55.8 Å². The van der Waals surface area contributed by atoms with Crippen molar-refractivity contribution in [2.45, 2.75) is 54.4 Å². The number of aliphatic hydroxyl groups excluding tert-OH is 1. The molecule has 5 rings (SSSR count). The zero-order chi connectivity index (χ0) is 30.5. The number of piperidine rings is 1. The monoisotopic (exact) mass is 624 g/mol. The fourth-order valence-electron chi connectivity index (χ4n) is 5.95. The van der Waals surface area contributed by atoms with Crippen molar-refractivity contribution in [1.82, 2.24) is 4.72 Å². The van der Waals surface area contributed by atoms with Gasteiger partial charge >= 0.3 is 0 Å². The molecule has 1 amide bonds. The van der Waals surface area contributed by atoms with Crippen LogP contribution in [0.3, 0.4) is 0 Å². The molecule has 1 saturated carbocycles. The van der Waals surface area contributed by atoms with Crippen LogP contribution < -0.4 is 14.9 Å². The summed E-state index contributed by atoms with van der Waals surface area (Å²) in [6, 6.07) is 19.2. The SMILES string of the molecule is O=C(NS(=O)(=O)c1ccc(N[C@H](CO)CSc2ccccc2)c([N+](=O)[O-])c1)c1ccc(N2CCC3(CCCC3)CC2)cc1. The molecule has 1 atom stereocenters. The molecule has 3 aromatic carbocycles. The van der Waals surface area contributed by atoms with Gasteiger partial charge in [-0.05, 0) is 79.6 Å². The molecule has 228 valence electrons. The van der Waals surface area contributed by atoms with Crippen LogP contribution in [0.15, 0.2) is 82.6 Å². The van der Waals surface area contributed by atoms with E-state index in [1.54, 1.807) is 12.1 Å². The second-order valence-electron chi connectivity index (χ2n) is 11.3. The Morgan fingerprint density at radius 2 is 1.67 bits per heavy atom. The zero-order valence-corrected chi connectivity index (χ0v) is 25.4. The van der Waals surface area contributed by atoms with E-state index in [1.165, 1.54) is 62.4 Å². The van der Waals surface area contributed by atoms with Gasteiger partial charge in [-0.25, -0.2) is 13.1 Å². The van der Waals surface area contributed by atoms with Gasteiger partial charge in [-0.15, -0.1) is 11.8 Å². The van der Waals surface area contributed by atoms with Crippen molar-refractivity contribution >= 4 is 44.8 Å². The Morgan fingerprint density at radius 3 is 2.30 bits per heavy atom. The van der Waals surface area contributed by atoms with Crippen molar-refractivity contribution in [2.24, 2.45) is 5.41 Å². The van der Waals surface area contributed by atoms with Gasteiger partial charge in [0.05, 0.1) is 22.5 Å². The van der Waals surface area contributed by atoms with Crippen LogP contribution in [0.4, 0.5) is 17.1 Å². The number of carbonyl (C=O) groups is 1. The van der Waals surface area contributed by atoms with Gasteiger partial charge in [0.1, 0.15) is 5.69 Å². The molecule has 1 heterocycles. The van der Waals surface area contributed by atoms with Gasteiger partial charge in [0.15, 0.2) is 0 Å². The number of nitro groups is 1. The molecule has 1 saturated heterocycles. The van der Waals surface area contributed by atoms with Gasteiger partial charge < -0.3 is 15.3 Å². The van der Waals surface area contributed by atoms with E-state index < -0.39 is 37.5 Å². The molecule has 0 aromatic heterocycles. The van der Waals surface area contributed by atoms with Crippen LogP contribution in [0.2, 0.25) is 0 Å². The highest BCUT2D eigenvalue weighted by molar-refractivity contribution is 7.99. The summed E-state index contributed by atoms with van der Waals surface area (Å²) < 4.78 is 28.1. The lowest BCUT2D eigenvalue weighted by Crippen LogP contribution is -2.38. The molecule has 0 unspecified atom stereocenters. The first-order valence-corrected chi connectivity index (χ1v) is 16.9. The van der Waals surface area contributed by atoms with Gasteiger partial charge in [-0.1, -0.05) is 31.0 Å². The number of nitrogens with one attached hydrogen (secondary N) is 2. The van der Waals surface area contributed by atoms with E-state index in [4.69, 9.17) is 0 Å². The fourth-order valence-corrected chi connectivity index (χ4v) is 7.88. The maximum Gasteiger partial charge on any atom is 0.293 e. The number of thioether (sulfide) groups is 1. The molecule has 2 fully saturated rings. The topological polar surface area (TPSA) is 142 Å². The highest BCUT2D eigenvalue weighted by atomic mass is 32.2.